The number of hydrogen-bond donors (Lipinski definition) is 2. The molecule has 2 heterocycles. The molecule has 0 radical (unpaired) electrons. The lowest BCUT2D eigenvalue weighted by atomic mass is 10.2. The fraction of sp³-hybridized carbons (Fsp3) is 0.0526. The van der Waals surface area contributed by atoms with Crippen LogP contribution in [0.2, 0.25) is 5.02 Å². The van der Waals surface area contributed by atoms with Crippen molar-refractivity contribution in [1.82, 2.24) is 15.0 Å². The number of hydrogen-bond acceptors (Lipinski definition) is 3. The van der Waals surface area contributed by atoms with Crippen LogP contribution in [0.3, 0.4) is 0 Å². The van der Waals surface area contributed by atoms with Gasteiger partial charge in [0.25, 0.3) is 0 Å². The van der Waals surface area contributed by atoms with Crippen molar-refractivity contribution in [2.75, 3.05) is 5.32 Å². The Morgan fingerprint density at radius 2 is 1.80 bits per heavy atom. The van der Waals surface area contributed by atoms with Gasteiger partial charge in [-0.1, -0.05) is 23.7 Å². The molecule has 124 valence electrons. The molecule has 25 heavy (non-hydrogen) atoms. The number of fused-ring (bicyclic) bond motifs is 1. The molecule has 0 atom stereocenters. The molecule has 0 aliphatic rings. The van der Waals surface area contributed by atoms with Gasteiger partial charge in [-0.3, -0.25) is 0 Å². The predicted molar refractivity (Wildman–Crippen MR) is 106 cm³/mol. The van der Waals surface area contributed by atoms with Gasteiger partial charge >= 0.3 is 0 Å². The summed E-state index contributed by atoms with van der Waals surface area (Å²) in [6.45, 7) is 0.749. The average molecular weight is 414 g/mol. The summed E-state index contributed by atoms with van der Waals surface area (Å²) in [7, 11) is 0. The number of aromatic nitrogens is 3. The first-order chi connectivity index (χ1) is 12.2. The minimum absolute atomic E-state index is 0.749. The van der Waals surface area contributed by atoms with Gasteiger partial charge in [-0.15, -0.1) is 0 Å². The third-order valence-corrected chi connectivity index (χ3v) is 4.56. The van der Waals surface area contributed by atoms with Crippen LogP contribution in [0.15, 0.2) is 65.3 Å². The highest BCUT2D eigenvalue weighted by molar-refractivity contribution is 9.10. The molecule has 4 nitrogen and oxygen atoms in total. The first-order valence-corrected chi connectivity index (χ1v) is 8.94. The maximum atomic E-state index is 5.91. The Labute approximate surface area is 158 Å². The fourth-order valence-corrected chi connectivity index (χ4v) is 3.00. The summed E-state index contributed by atoms with van der Waals surface area (Å²) >= 11 is 9.32. The van der Waals surface area contributed by atoms with Gasteiger partial charge < -0.3 is 10.3 Å². The van der Waals surface area contributed by atoms with Crippen LogP contribution >= 0.6 is 27.5 Å². The van der Waals surface area contributed by atoms with Crippen LogP contribution in [0.5, 0.6) is 0 Å². The van der Waals surface area contributed by atoms with E-state index in [2.05, 4.69) is 36.2 Å². The smallest absolute Gasteiger partial charge is 0.157 e. The number of pyridine rings is 1. The summed E-state index contributed by atoms with van der Waals surface area (Å²) < 4.78 is 0.916. The molecular weight excluding hydrogens is 400 g/mol. The predicted octanol–water partition coefficient (Wildman–Crippen LogP) is 5.65. The number of aromatic amines is 1. The highest BCUT2D eigenvalue weighted by Gasteiger charge is 2.06. The van der Waals surface area contributed by atoms with E-state index in [0.29, 0.717) is 0 Å². The molecule has 2 N–H and O–H groups in total. The number of halogens is 2. The van der Waals surface area contributed by atoms with Crippen molar-refractivity contribution < 1.29 is 0 Å². The lowest BCUT2D eigenvalue weighted by Gasteiger charge is -2.07. The number of anilines is 1. The highest BCUT2D eigenvalue weighted by atomic mass is 79.9. The van der Waals surface area contributed by atoms with Crippen LogP contribution in [-0.2, 0) is 6.54 Å². The van der Waals surface area contributed by atoms with Gasteiger partial charge in [0.15, 0.2) is 5.65 Å². The molecule has 6 heteroatoms. The molecule has 4 aromatic rings. The van der Waals surface area contributed by atoms with Crippen LogP contribution in [0.25, 0.3) is 22.6 Å². The van der Waals surface area contributed by atoms with Crippen LogP contribution in [0.4, 0.5) is 5.69 Å². The minimum Gasteiger partial charge on any atom is -0.381 e. The van der Waals surface area contributed by atoms with Crippen LogP contribution in [0.1, 0.15) is 5.56 Å². The van der Waals surface area contributed by atoms with E-state index in [0.717, 1.165) is 44.3 Å². The van der Waals surface area contributed by atoms with Gasteiger partial charge in [-0.2, -0.15) is 0 Å². The molecule has 2 aromatic carbocycles. The number of H-pyrrole nitrogens is 1. The van der Waals surface area contributed by atoms with Gasteiger partial charge in [0.05, 0.1) is 0 Å². The molecule has 2 aromatic heterocycles. The molecule has 0 saturated carbocycles. The van der Waals surface area contributed by atoms with Gasteiger partial charge in [0.1, 0.15) is 11.3 Å². The molecule has 0 unspecified atom stereocenters. The Morgan fingerprint density at radius 3 is 2.56 bits per heavy atom. The molecule has 0 spiro atoms. The number of imidazole rings is 1. The number of nitrogens with one attached hydrogen (secondary N) is 2. The maximum absolute atomic E-state index is 5.91. The molecule has 0 bridgehead atoms. The van der Waals surface area contributed by atoms with E-state index in [-0.39, 0.29) is 0 Å². The quantitative estimate of drug-likeness (QED) is 0.454. The standard InChI is InChI=1S/C19H14BrClN4/c20-14-9-17-19(23-11-14)25-18(24-17)13-3-7-16(8-4-13)22-10-12-1-5-15(21)6-2-12/h1-9,11,22H,10H2,(H,23,24,25). The lowest BCUT2D eigenvalue weighted by Crippen LogP contribution is -1.98. The van der Waals surface area contributed by atoms with E-state index in [1.54, 1.807) is 6.20 Å². The van der Waals surface area contributed by atoms with Crippen LogP contribution < -0.4 is 5.32 Å². The van der Waals surface area contributed by atoms with E-state index >= 15 is 0 Å². The van der Waals surface area contributed by atoms with Crippen molar-refractivity contribution in [2.24, 2.45) is 0 Å². The van der Waals surface area contributed by atoms with E-state index < -0.39 is 0 Å². The Kier molecular flexibility index (Phi) is 4.42. The second-order valence-electron chi connectivity index (χ2n) is 5.66. The second-order valence-corrected chi connectivity index (χ2v) is 7.02. The second kappa shape index (κ2) is 6.86. The summed E-state index contributed by atoms with van der Waals surface area (Å²) in [5.41, 5.74) is 4.88. The van der Waals surface area contributed by atoms with E-state index in [4.69, 9.17) is 11.6 Å². The largest absolute Gasteiger partial charge is 0.381 e. The van der Waals surface area contributed by atoms with E-state index in [1.165, 1.54) is 5.56 Å². The normalized spacial score (nSPS) is 11.0. The molecule has 0 aliphatic carbocycles. The van der Waals surface area contributed by atoms with Crippen LogP contribution in [0, 0.1) is 0 Å². The Hall–Kier alpha value is -2.37. The Bertz CT molecular complexity index is 1010. The Morgan fingerprint density at radius 1 is 1.04 bits per heavy atom. The van der Waals surface area contributed by atoms with Crippen molar-refractivity contribution >= 4 is 44.4 Å². The SMILES string of the molecule is Clc1ccc(CNc2ccc(-c3nc4cc(Br)cnc4[nH]3)cc2)cc1. The summed E-state index contributed by atoms with van der Waals surface area (Å²) in [6.07, 6.45) is 1.76. The first-order valence-electron chi connectivity index (χ1n) is 7.77. The number of rotatable bonds is 4. The molecular formula is C19H14BrClN4. The topological polar surface area (TPSA) is 53.6 Å². The average Bonchev–Trinajstić information content (AvgIpc) is 3.05. The summed E-state index contributed by atoms with van der Waals surface area (Å²) in [6, 6.07) is 17.9. The molecule has 0 amide bonds. The minimum atomic E-state index is 0.749. The van der Waals surface area contributed by atoms with E-state index in [9.17, 15) is 0 Å². The fourth-order valence-electron chi connectivity index (χ4n) is 2.56. The number of nitrogens with zero attached hydrogens (tertiary/aromatic N) is 2. The summed E-state index contributed by atoms with van der Waals surface area (Å²) in [5.74, 6) is 0.810. The zero-order chi connectivity index (χ0) is 17.2. The van der Waals surface area contributed by atoms with Gasteiger partial charge in [-0.25, -0.2) is 9.97 Å². The molecule has 4 rings (SSSR count). The van der Waals surface area contributed by atoms with Crippen molar-refractivity contribution in [3.63, 3.8) is 0 Å². The monoisotopic (exact) mass is 412 g/mol. The lowest BCUT2D eigenvalue weighted by molar-refractivity contribution is 1.15. The Balaban J connectivity index is 1.49. The van der Waals surface area contributed by atoms with Crippen molar-refractivity contribution in [3.05, 3.63) is 75.9 Å². The first kappa shape index (κ1) is 16.1. The number of benzene rings is 2. The summed E-state index contributed by atoms with van der Waals surface area (Å²) in [4.78, 5) is 12.2. The molecule has 0 saturated heterocycles. The van der Waals surface area contributed by atoms with Crippen molar-refractivity contribution in [1.29, 1.82) is 0 Å². The van der Waals surface area contributed by atoms with Crippen molar-refractivity contribution in [2.45, 2.75) is 6.54 Å². The summed E-state index contributed by atoms with van der Waals surface area (Å²) in [5, 5.41) is 4.15. The zero-order valence-electron chi connectivity index (χ0n) is 13.1. The third-order valence-electron chi connectivity index (χ3n) is 3.87. The van der Waals surface area contributed by atoms with Crippen LogP contribution in [-0.4, -0.2) is 15.0 Å². The van der Waals surface area contributed by atoms with Crippen molar-refractivity contribution in [3.8, 4) is 11.4 Å². The third kappa shape index (κ3) is 3.67. The van der Waals surface area contributed by atoms with Gasteiger partial charge in [0.2, 0.25) is 0 Å². The van der Waals surface area contributed by atoms with Gasteiger partial charge in [-0.05, 0) is 64.0 Å². The van der Waals surface area contributed by atoms with E-state index in [1.807, 2.05) is 54.6 Å². The molecule has 0 fully saturated rings. The molecule has 0 aliphatic heterocycles. The highest BCUT2D eigenvalue weighted by Crippen LogP contribution is 2.23. The zero-order valence-corrected chi connectivity index (χ0v) is 15.5. The van der Waals surface area contributed by atoms with Gasteiger partial charge in [0, 0.05) is 33.5 Å². The maximum Gasteiger partial charge on any atom is 0.157 e.